The summed E-state index contributed by atoms with van der Waals surface area (Å²) in [5, 5.41) is 0. The fourth-order valence-corrected chi connectivity index (χ4v) is 4.88. The van der Waals surface area contributed by atoms with Crippen LogP contribution in [0.2, 0.25) is 0 Å². The second kappa shape index (κ2) is 7.24. The Morgan fingerprint density at radius 1 is 0.562 bits per heavy atom. The standard InChI is InChI=1S/C29H22N3/c1-19-15-27-24-13-7-5-11-22(24)20-9-3-4-10-21(20)23-12-6-8-14-25(23)28(27)16-26(19)29-31-17-30-18-32(29)2/h3-18H,1-2H3/q+1. The predicted octanol–water partition coefficient (Wildman–Crippen LogP) is 6.26. The second-order valence-corrected chi connectivity index (χ2v) is 8.29. The van der Waals surface area contributed by atoms with Gasteiger partial charge < -0.3 is 0 Å². The van der Waals surface area contributed by atoms with Crippen molar-refractivity contribution in [3.63, 3.8) is 0 Å². The lowest BCUT2D eigenvalue weighted by Gasteiger charge is -2.24. The molecule has 0 saturated heterocycles. The van der Waals surface area contributed by atoms with Crippen molar-refractivity contribution in [2.24, 2.45) is 7.05 Å². The third-order valence-corrected chi connectivity index (χ3v) is 6.37. The van der Waals surface area contributed by atoms with Gasteiger partial charge in [0.05, 0.1) is 12.6 Å². The van der Waals surface area contributed by atoms with Gasteiger partial charge >= 0.3 is 0 Å². The van der Waals surface area contributed by atoms with E-state index in [-0.39, 0.29) is 0 Å². The molecule has 0 atom stereocenters. The van der Waals surface area contributed by atoms with Gasteiger partial charge in [-0.05, 0) is 69.1 Å². The molecule has 0 fully saturated rings. The molecule has 32 heavy (non-hydrogen) atoms. The molecule has 0 bridgehead atoms. The van der Waals surface area contributed by atoms with Gasteiger partial charge in [-0.2, -0.15) is 0 Å². The fraction of sp³-hybridized carbons (Fsp3) is 0.0690. The fourth-order valence-electron chi connectivity index (χ4n) is 4.88. The number of nitrogens with zero attached hydrogens (tertiary/aromatic N) is 3. The Bertz CT molecular complexity index is 1500. The zero-order valence-electron chi connectivity index (χ0n) is 18.1. The maximum atomic E-state index is 4.59. The molecule has 0 spiro atoms. The van der Waals surface area contributed by atoms with Crippen LogP contribution in [0.1, 0.15) is 5.56 Å². The van der Waals surface area contributed by atoms with Crippen molar-refractivity contribution >= 4 is 0 Å². The van der Waals surface area contributed by atoms with Crippen molar-refractivity contribution in [3.8, 4) is 55.9 Å². The number of fused-ring (bicyclic) bond motifs is 8. The summed E-state index contributed by atoms with van der Waals surface area (Å²) in [5.41, 5.74) is 12.3. The topological polar surface area (TPSA) is 29.7 Å². The summed E-state index contributed by atoms with van der Waals surface area (Å²) in [6, 6.07) is 30.8. The van der Waals surface area contributed by atoms with Crippen LogP contribution >= 0.6 is 0 Å². The van der Waals surface area contributed by atoms with Crippen molar-refractivity contribution in [1.82, 2.24) is 9.97 Å². The first-order chi connectivity index (χ1) is 15.7. The maximum Gasteiger partial charge on any atom is 0.273 e. The van der Waals surface area contributed by atoms with Crippen LogP contribution in [0.4, 0.5) is 0 Å². The Balaban J connectivity index is 1.76. The highest BCUT2D eigenvalue weighted by Crippen LogP contribution is 2.48. The van der Waals surface area contributed by atoms with Crippen molar-refractivity contribution in [2.45, 2.75) is 6.92 Å². The summed E-state index contributed by atoms with van der Waals surface area (Å²) in [4.78, 5) is 8.75. The van der Waals surface area contributed by atoms with Gasteiger partial charge in [-0.15, -0.1) is 0 Å². The molecule has 1 aliphatic carbocycles. The molecular formula is C29H22N3+. The molecule has 1 aliphatic rings. The van der Waals surface area contributed by atoms with Crippen molar-refractivity contribution < 1.29 is 4.57 Å². The molecule has 1 heterocycles. The van der Waals surface area contributed by atoms with Gasteiger partial charge in [0.15, 0.2) is 0 Å². The van der Waals surface area contributed by atoms with Gasteiger partial charge in [0.2, 0.25) is 6.33 Å². The smallest absolute Gasteiger partial charge is 0.236 e. The summed E-state index contributed by atoms with van der Waals surface area (Å²) in [5.74, 6) is 0.911. The van der Waals surface area contributed by atoms with E-state index >= 15 is 0 Å². The Labute approximate surface area is 187 Å². The van der Waals surface area contributed by atoms with E-state index in [0.717, 1.165) is 11.4 Å². The van der Waals surface area contributed by atoms with E-state index in [4.69, 9.17) is 0 Å². The third kappa shape index (κ3) is 2.78. The van der Waals surface area contributed by atoms with Crippen LogP contribution in [0.25, 0.3) is 55.9 Å². The van der Waals surface area contributed by atoms with E-state index in [9.17, 15) is 0 Å². The summed E-state index contributed by atoms with van der Waals surface area (Å²) >= 11 is 0. The first-order valence-corrected chi connectivity index (χ1v) is 10.8. The number of rotatable bonds is 1. The van der Waals surface area contributed by atoms with E-state index in [2.05, 4.69) is 102 Å². The lowest BCUT2D eigenvalue weighted by atomic mass is 9.80. The zero-order chi connectivity index (χ0) is 21.7. The summed E-state index contributed by atoms with van der Waals surface area (Å²) in [7, 11) is 1.99. The van der Waals surface area contributed by atoms with Crippen LogP contribution in [0, 0.1) is 6.92 Å². The van der Waals surface area contributed by atoms with Crippen LogP contribution < -0.4 is 4.57 Å². The number of hydrogen-bond donors (Lipinski definition) is 0. The van der Waals surface area contributed by atoms with E-state index < -0.39 is 0 Å². The highest BCUT2D eigenvalue weighted by Gasteiger charge is 2.24. The lowest BCUT2D eigenvalue weighted by Crippen LogP contribution is -2.32. The number of hydrogen-bond acceptors (Lipinski definition) is 2. The number of aromatic nitrogens is 3. The molecule has 0 amide bonds. The van der Waals surface area contributed by atoms with Gasteiger partial charge in [0.1, 0.15) is 0 Å². The maximum absolute atomic E-state index is 4.59. The minimum absolute atomic E-state index is 0.911. The van der Waals surface area contributed by atoms with Gasteiger partial charge in [-0.3, -0.25) is 0 Å². The summed E-state index contributed by atoms with van der Waals surface area (Å²) < 4.78 is 1.98. The van der Waals surface area contributed by atoms with E-state index in [1.54, 1.807) is 12.7 Å². The van der Waals surface area contributed by atoms with E-state index in [0.29, 0.717) is 0 Å². The Kier molecular flexibility index (Phi) is 4.22. The average Bonchev–Trinajstić information content (AvgIpc) is 2.84. The molecule has 0 saturated carbocycles. The first kappa shape index (κ1) is 18.6. The SMILES string of the molecule is Cc1cc2c(cc1-c1ncnc[n+]1C)-c1ccccc1-c1ccccc1-c1ccccc1-2. The molecule has 0 N–H and O–H groups in total. The minimum Gasteiger partial charge on any atom is -0.236 e. The monoisotopic (exact) mass is 412 g/mol. The second-order valence-electron chi connectivity index (χ2n) is 8.29. The minimum atomic E-state index is 0.911. The van der Waals surface area contributed by atoms with Crippen molar-refractivity contribution in [1.29, 1.82) is 0 Å². The molecule has 6 rings (SSSR count). The molecule has 3 nitrogen and oxygen atoms in total. The predicted molar refractivity (Wildman–Crippen MR) is 129 cm³/mol. The van der Waals surface area contributed by atoms with Crippen molar-refractivity contribution in [3.05, 3.63) is 103 Å². The first-order valence-electron chi connectivity index (χ1n) is 10.8. The molecule has 5 aromatic rings. The third-order valence-electron chi connectivity index (χ3n) is 6.37. The molecule has 0 aliphatic heterocycles. The van der Waals surface area contributed by atoms with E-state index in [1.807, 2.05) is 11.6 Å². The number of benzene rings is 4. The summed E-state index contributed by atoms with van der Waals surface area (Å²) in [6.45, 7) is 2.17. The van der Waals surface area contributed by atoms with Crippen LogP contribution in [-0.2, 0) is 7.05 Å². The molecule has 152 valence electrons. The Hall–Kier alpha value is -4.11. The van der Waals surface area contributed by atoms with Crippen LogP contribution in [0.5, 0.6) is 0 Å². The molecule has 4 aromatic carbocycles. The number of aryl methyl sites for hydroxylation is 2. The normalized spacial score (nSPS) is 11.4. The molecular weight excluding hydrogens is 390 g/mol. The Morgan fingerprint density at radius 2 is 1.00 bits per heavy atom. The van der Waals surface area contributed by atoms with Gasteiger partial charge in [0, 0.05) is 0 Å². The molecule has 1 aromatic heterocycles. The Morgan fingerprint density at radius 3 is 1.47 bits per heavy atom. The van der Waals surface area contributed by atoms with E-state index in [1.165, 1.54) is 50.1 Å². The van der Waals surface area contributed by atoms with Gasteiger partial charge in [-0.25, -0.2) is 4.57 Å². The van der Waals surface area contributed by atoms with Gasteiger partial charge in [0.25, 0.3) is 12.2 Å². The highest BCUT2D eigenvalue weighted by molar-refractivity contribution is 6.03. The lowest BCUT2D eigenvalue weighted by molar-refractivity contribution is -0.666. The average molecular weight is 413 g/mol. The largest absolute Gasteiger partial charge is 0.273 e. The molecule has 0 radical (unpaired) electrons. The van der Waals surface area contributed by atoms with Crippen LogP contribution in [0.15, 0.2) is 97.6 Å². The quantitative estimate of drug-likeness (QED) is 0.298. The zero-order valence-corrected chi connectivity index (χ0v) is 18.1. The van der Waals surface area contributed by atoms with Crippen LogP contribution in [-0.4, -0.2) is 9.97 Å². The summed E-state index contributed by atoms with van der Waals surface area (Å²) in [6.07, 6.45) is 3.42. The molecule has 0 unspecified atom stereocenters. The van der Waals surface area contributed by atoms with Crippen LogP contribution in [0.3, 0.4) is 0 Å². The van der Waals surface area contributed by atoms with Gasteiger partial charge in [-0.1, -0.05) is 82.8 Å². The highest BCUT2D eigenvalue weighted by atomic mass is 15.1. The molecule has 3 heteroatoms. The van der Waals surface area contributed by atoms with Crippen molar-refractivity contribution in [2.75, 3.05) is 0 Å².